The quantitative estimate of drug-likeness (QED) is 0.830. The second-order valence-electron chi connectivity index (χ2n) is 4.72. The Morgan fingerprint density at radius 3 is 2.94 bits per heavy atom. The molecule has 2 aliphatic rings. The molecule has 0 bridgehead atoms. The third kappa shape index (κ3) is 2.05. The largest absolute Gasteiger partial charge is 0.366 e. The lowest BCUT2D eigenvalue weighted by Gasteiger charge is -2.32. The first-order valence-electron chi connectivity index (χ1n) is 5.92. The van der Waals surface area contributed by atoms with E-state index in [-0.39, 0.29) is 18.3 Å². The van der Waals surface area contributed by atoms with Crippen molar-refractivity contribution in [2.75, 3.05) is 13.1 Å². The summed E-state index contributed by atoms with van der Waals surface area (Å²) in [5.74, 6) is -0.321. The van der Waals surface area contributed by atoms with Gasteiger partial charge in [-0.1, -0.05) is 6.07 Å². The summed E-state index contributed by atoms with van der Waals surface area (Å²) in [6, 6.07) is 6.46. The fraction of sp³-hybridized carbons (Fsp3) is 0.462. The maximum atomic E-state index is 11.2. The Balaban J connectivity index is 0.00000108. The van der Waals surface area contributed by atoms with Gasteiger partial charge in [-0.25, -0.2) is 0 Å². The lowest BCUT2D eigenvalue weighted by atomic mass is 9.91. The summed E-state index contributed by atoms with van der Waals surface area (Å²) in [5.41, 5.74) is 8.71. The van der Waals surface area contributed by atoms with Gasteiger partial charge >= 0.3 is 0 Å². The Bertz CT molecular complexity index is 447. The highest BCUT2D eigenvalue weighted by Gasteiger charge is 2.31. The van der Waals surface area contributed by atoms with Crippen LogP contribution in [0.1, 0.15) is 40.4 Å². The molecule has 1 aromatic carbocycles. The van der Waals surface area contributed by atoms with Crippen LogP contribution >= 0.6 is 12.4 Å². The number of nitrogens with two attached hydrogens (primary N) is 1. The molecule has 0 radical (unpaired) electrons. The van der Waals surface area contributed by atoms with Gasteiger partial charge in [0.05, 0.1) is 0 Å². The third-order valence-electron chi connectivity index (χ3n) is 3.82. The van der Waals surface area contributed by atoms with Gasteiger partial charge in [0.25, 0.3) is 0 Å². The average Bonchev–Trinajstić information content (AvgIpc) is 2.76. The minimum atomic E-state index is -0.321. The number of primary amides is 1. The number of halogens is 1. The Hall–Kier alpha value is -1.06. The fourth-order valence-corrected chi connectivity index (χ4v) is 3.00. The van der Waals surface area contributed by atoms with Crippen LogP contribution in [0.2, 0.25) is 0 Å². The summed E-state index contributed by atoms with van der Waals surface area (Å²) in [7, 11) is 0. The van der Waals surface area contributed by atoms with Gasteiger partial charge in [0.2, 0.25) is 5.91 Å². The fourth-order valence-electron chi connectivity index (χ4n) is 3.00. The van der Waals surface area contributed by atoms with Gasteiger partial charge in [0.15, 0.2) is 0 Å². The summed E-state index contributed by atoms with van der Waals surface area (Å²) in [4.78, 5) is 13.7. The predicted octanol–water partition coefficient (Wildman–Crippen LogP) is 1.90. The second-order valence-corrected chi connectivity index (χ2v) is 4.72. The number of carbonyl (C=O) groups excluding carboxylic acids is 1. The first-order valence-corrected chi connectivity index (χ1v) is 5.92. The Morgan fingerprint density at radius 1 is 1.35 bits per heavy atom. The Kier molecular flexibility index (Phi) is 3.40. The average molecular weight is 253 g/mol. The van der Waals surface area contributed by atoms with Crippen LogP contribution in [0.4, 0.5) is 0 Å². The summed E-state index contributed by atoms with van der Waals surface area (Å²) in [6.45, 7) is 2.36. The molecule has 2 heterocycles. The molecule has 1 aromatic rings. The van der Waals surface area contributed by atoms with Crippen molar-refractivity contribution in [2.45, 2.75) is 25.3 Å². The smallest absolute Gasteiger partial charge is 0.248 e. The summed E-state index contributed by atoms with van der Waals surface area (Å²) >= 11 is 0. The van der Waals surface area contributed by atoms with E-state index in [4.69, 9.17) is 5.73 Å². The Labute approximate surface area is 107 Å². The zero-order valence-electron chi connectivity index (χ0n) is 9.69. The first kappa shape index (κ1) is 12.4. The van der Waals surface area contributed by atoms with Crippen molar-refractivity contribution >= 4 is 18.3 Å². The third-order valence-corrected chi connectivity index (χ3v) is 3.82. The molecule has 1 atom stereocenters. The maximum Gasteiger partial charge on any atom is 0.248 e. The minimum absolute atomic E-state index is 0. The van der Waals surface area contributed by atoms with Crippen molar-refractivity contribution in [1.82, 2.24) is 4.90 Å². The van der Waals surface area contributed by atoms with Gasteiger partial charge in [-0.3, -0.25) is 9.69 Å². The molecule has 1 saturated heterocycles. The van der Waals surface area contributed by atoms with Crippen molar-refractivity contribution in [3.63, 3.8) is 0 Å². The number of amides is 1. The number of rotatable bonds is 1. The molecule has 0 spiro atoms. The van der Waals surface area contributed by atoms with E-state index < -0.39 is 0 Å². The van der Waals surface area contributed by atoms with Crippen molar-refractivity contribution in [1.29, 1.82) is 0 Å². The summed E-state index contributed by atoms with van der Waals surface area (Å²) in [6.07, 6.45) is 3.59. The lowest BCUT2D eigenvalue weighted by molar-refractivity contribution is 0.1000. The van der Waals surface area contributed by atoms with Gasteiger partial charge < -0.3 is 5.73 Å². The molecular weight excluding hydrogens is 236 g/mol. The van der Waals surface area contributed by atoms with Crippen LogP contribution in [0.15, 0.2) is 18.2 Å². The van der Waals surface area contributed by atoms with Crippen molar-refractivity contribution in [3.8, 4) is 0 Å². The normalized spacial score (nSPS) is 22.5. The first-order chi connectivity index (χ1) is 7.75. The molecule has 1 amide bonds. The maximum absolute atomic E-state index is 11.2. The van der Waals surface area contributed by atoms with E-state index in [9.17, 15) is 4.79 Å². The number of hydrogen-bond donors (Lipinski definition) is 1. The summed E-state index contributed by atoms with van der Waals surface area (Å²) < 4.78 is 0. The van der Waals surface area contributed by atoms with Crippen molar-refractivity contribution in [3.05, 3.63) is 34.9 Å². The van der Waals surface area contributed by atoms with E-state index in [1.54, 1.807) is 0 Å². The molecule has 4 heteroatoms. The highest BCUT2D eigenvalue weighted by atomic mass is 35.5. The van der Waals surface area contributed by atoms with Gasteiger partial charge in [-0.2, -0.15) is 0 Å². The van der Waals surface area contributed by atoms with Gasteiger partial charge in [0.1, 0.15) is 0 Å². The highest BCUT2D eigenvalue weighted by molar-refractivity contribution is 5.93. The van der Waals surface area contributed by atoms with Crippen LogP contribution < -0.4 is 5.73 Å². The zero-order chi connectivity index (χ0) is 11.1. The van der Waals surface area contributed by atoms with Gasteiger partial charge in [-0.05, 0) is 49.1 Å². The van der Waals surface area contributed by atoms with Gasteiger partial charge in [-0.15, -0.1) is 12.4 Å². The second kappa shape index (κ2) is 4.67. The highest BCUT2D eigenvalue weighted by Crippen LogP contribution is 2.37. The predicted molar refractivity (Wildman–Crippen MR) is 69.5 cm³/mol. The standard InChI is InChI=1S/C13H16N2O.ClH/c14-13(16)10-4-3-9-5-7-15-6-1-2-12(15)11(9)8-10;/h3-4,8,12H,1-2,5-7H2,(H2,14,16);1H. The van der Waals surface area contributed by atoms with Crippen molar-refractivity contribution in [2.24, 2.45) is 5.73 Å². The molecule has 3 nitrogen and oxygen atoms in total. The molecule has 0 aliphatic carbocycles. The molecule has 3 rings (SSSR count). The van der Waals surface area contributed by atoms with E-state index in [1.165, 1.54) is 30.5 Å². The van der Waals surface area contributed by atoms with E-state index >= 15 is 0 Å². The van der Waals surface area contributed by atoms with Crippen LogP contribution in [0.3, 0.4) is 0 Å². The SMILES string of the molecule is Cl.NC(=O)c1ccc2c(c1)C1CCCN1CC2. The van der Waals surface area contributed by atoms with Crippen LogP contribution in [0, 0.1) is 0 Å². The molecule has 0 saturated carbocycles. The topological polar surface area (TPSA) is 46.3 Å². The number of carbonyl (C=O) groups is 1. The van der Waals surface area contributed by atoms with E-state index in [1.807, 2.05) is 12.1 Å². The van der Waals surface area contributed by atoms with Crippen LogP contribution in [0.25, 0.3) is 0 Å². The van der Waals surface area contributed by atoms with E-state index in [2.05, 4.69) is 11.0 Å². The monoisotopic (exact) mass is 252 g/mol. The van der Waals surface area contributed by atoms with Gasteiger partial charge in [0, 0.05) is 18.2 Å². The van der Waals surface area contributed by atoms with Crippen molar-refractivity contribution < 1.29 is 4.79 Å². The molecule has 0 aromatic heterocycles. The molecule has 17 heavy (non-hydrogen) atoms. The molecule has 92 valence electrons. The van der Waals surface area contributed by atoms with E-state index in [0.717, 1.165) is 13.0 Å². The number of benzene rings is 1. The zero-order valence-corrected chi connectivity index (χ0v) is 10.5. The molecule has 2 N–H and O–H groups in total. The number of hydrogen-bond acceptors (Lipinski definition) is 2. The molecule has 1 unspecified atom stereocenters. The van der Waals surface area contributed by atoms with Crippen LogP contribution in [-0.4, -0.2) is 23.9 Å². The van der Waals surface area contributed by atoms with Crippen LogP contribution in [0.5, 0.6) is 0 Å². The lowest BCUT2D eigenvalue weighted by Crippen LogP contribution is -2.31. The molecular formula is C13H17ClN2O. The Morgan fingerprint density at radius 2 is 2.18 bits per heavy atom. The number of nitrogens with zero attached hydrogens (tertiary/aromatic N) is 1. The van der Waals surface area contributed by atoms with Crippen LogP contribution in [-0.2, 0) is 6.42 Å². The minimum Gasteiger partial charge on any atom is -0.366 e. The molecule has 2 aliphatic heterocycles. The molecule has 1 fully saturated rings. The van der Waals surface area contributed by atoms with E-state index in [0.29, 0.717) is 11.6 Å². The summed E-state index contributed by atoms with van der Waals surface area (Å²) in [5, 5.41) is 0. The number of fused-ring (bicyclic) bond motifs is 3.